The minimum Gasteiger partial charge on any atom is -0.550 e. The highest BCUT2D eigenvalue weighted by Crippen LogP contribution is 2.14. The maximum Gasteiger partial charge on any atom is 0.305 e. The lowest BCUT2D eigenvalue weighted by Crippen LogP contribution is -2.22. The van der Waals surface area contributed by atoms with Gasteiger partial charge in [-0.2, -0.15) is 0 Å². The number of carbonyl (C=O) groups excluding carboxylic acids is 2. The van der Waals surface area contributed by atoms with Crippen molar-refractivity contribution in [2.24, 2.45) is 0 Å². The maximum absolute atomic E-state index is 11.4. The maximum atomic E-state index is 11.4. The van der Waals surface area contributed by atoms with Gasteiger partial charge in [-0.05, 0) is 19.3 Å². The number of carboxylic acid groups (broad SMARTS) is 1. The van der Waals surface area contributed by atoms with Crippen LogP contribution in [0.3, 0.4) is 0 Å². The second-order valence-corrected chi connectivity index (χ2v) is 9.16. The quantitative estimate of drug-likeness (QED) is 0.111. The third-order valence-corrected chi connectivity index (χ3v) is 6.02. The summed E-state index contributed by atoms with van der Waals surface area (Å²) in [6.07, 6.45) is 27.4. The molecule has 0 rings (SSSR count). The summed E-state index contributed by atoms with van der Waals surface area (Å²) in [5.74, 6) is -1.40. The Morgan fingerprint density at radius 2 is 0.871 bits per heavy atom. The van der Waals surface area contributed by atoms with Crippen molar-refractivity contribution in [1.82, 2.24) is 0 Å². The van der Waals surface area contributed by atoms with Crippen LogP contribution >= 0.6 is 0 Å². The molecule has 0 aliphatic rings. The molecule has 0 N–H and O–H groups in total. The third-order valence-electron chi connectivity index (χ3n) is 6.02. The molecule has 0 saturated heterocycles. The second-order valence-electron chi connectivity index (χ2n) is 9.16. The zero-order valence-corrected chi connectivity index (χ0v) is 20.6. The predicted molar refractivity (Wildman–Crippen MR) is 128 cm³/mol. The highest BCUT2D eigenvalue weighted by molar-refractivity contribution is 5.70. The Labute approximate surface area is 192 Å². The molecule has 0 aromatic carbocycles. The molecule has 4 heteroatoms. The van der Waals surface area contributed by atoms with E-state index in [0.717, 1.165) is 12.8 Å². The molecule has 0 aromatic heterocycles. The van der Waals surface area contributed by atoms with Gasteiger partial charge in [0, 0.05) is 12.4 Å². The van der Waals surface area contributed by atoms with E-state index in [9.17, 15) is 14.7 Å². The number of carboxylic acids is 1. The normalized spacial score (nSPS) is 11.0. The van der Waals surface area contributed by atoms with Crippen LogP contribution in [-0.2, 0) is 14.3 Å². The summed E-state index contributed by atoms with van der Waals surface area (Å²) in [5.41, 5.74) is 0. The summed E-state index contributed by atoms with van der Waals surface area (Å²) in [4.78, 5) is 21.7. The summed E-state index contributed by atoms with van der Waals surface area (Å²) in [6, 6.07) is 0. The number of hydrogen-bond acceptors (Lipinski definition) is 4. The van der Waals surface area contributed by atoms with E-state index in [2.05, 4.69) is 6.92 Å². The van der Waals surface area contributed by atoms with Crippen LogP contribution in [0.2, 0.25) is 0 Å². The van der Waals surface area contributed by atoms with Crippen molar-refractivity contribution in [1.29, 1.82) is 0 Å². The molecule has 0 radical (unpaired) electrons. The number of unbranched alkanes of at least 4 members (excludes halogenated alkanes) is 19. The molecule has 0 spiro atoms. The van der Waals surface area contributed by atoms with Gasteiger partial charge in [0.25, 0.3) is 0 Å². The van der Waals surface area contributed by atoms with Gasteiger partial charge in [-0.1, -0.05) is 129 Å². The number of ether oxygens (including phenoxy) is 1. The fraction of sp³-hybridized carbons (Fsp3) is 0.926. The van der Waals surface area contributed by atoms with Crippen LogP contribution in [0.4, 0.5) is 0 Å². The van der Waals surface area contributed by atoms with Crippen LogP contribution in [0.25, 0.3) is 0 Å². The summed E-state index contributed by atoms with van der Waals surface area (Å²) in [7, 11) is 0. The molecule has 0 aliphatic heterocycles. The van der Waals surface area contributed by atoms with E-state index in [1.165, 1.54) is 116 Å². The van der Waals surface area contributed by atoms with Crippen LogP contribution in [0.1, 0.15) is 155 Å². The molecule has 0 bridgehead atoms. The molecular weight excluding hydrogens is 388 g/mol. The molecule has 0 aromatic rings. The summed E-state index contributed by atoms with van der Waals surface area (Å²) < 4.78 is 5.11. The second kappa shape index (κ2) is 25.2. The van der Waals surface area contributed by atoms with E-state index in [-0.39, 0.29) is 18.8 Å². The summed E-state index contributed by atoms with van der Waals surface area (Å²) >= 11 is 0. The largest absolute Gasteiger partial charge is 0.550 e. The molecule has 0 fully saturated rings. The predicted octanol–water partition coefficient (Wildman–Crippen LogP) is 7.27. The molecule has 0 amide bonds. The average Bonchev–Trinajstić information content (AvgIpc) is 2.74. The average molecular weight is 440 g/mol. The number of aliphatic carboxylic acids is 1. The van der Waals surface area contributed by atoms with E-state index in [1.807, 2.05) is 0 Å². The number of hydrogen-bond donors (Lipinski definition) is 0. The van der Waals surface area contributed by atoms with Gasteiger partial charge in [0.05, 0.1) is 6.61 Å². The fourth-order valence-corrected chi connectivity index (χ4v) is 3.99. The Morgan fingerprint density at radius 1 is 0.516 bits per heavy atom. The lowest BCUT2D eigenvalue weighted by atomic mass is 10.0. The van der Waals surface area contributed by atoms with Gasteiger partial charge in [-0.3, -0.25) is 4.79 Å². The van der Waals surface area contributed by atoms with Crippen LogP contribution in [0.15, 0.2) is 0 Å². The van der Waals surface area contributed by atoms with Crippen molar-refractivity contribution in [3.8, 4) is 0 Å². The van der Waals surface area contributed by atoms with E-state index in [0.29, 0.717) is 13.0 Å². The first kappa shape index (κ1) is 29.9. The van der Waals surface area contributed by atoms with Gasteiger partial charge in [-0.25, -0.2) is 0 Å². The first-order valence-electron chi connectivity index (χ1n) is 13.5. The van der Waals surface area contributed by atoms with E-state index < -0.39 is 5.97 Å². The molecule has 0 saturated carbocycles. The lowest BCUT2D eigenvalue weighted by Gasteiger charge is -2.06. The number of carbonyl (C=O) groups is 2. The monoisotopic (exact) mass is 439 g/mol. The molecule has 0 atom stereocenters. The Morgan fingerprint density at radius 3 is 1.23 bits per heavy atom. The van der Waals surface area contributed by atoms with Crippen molar-refractivity contribution in [3.63, 3.8) is 0 Å². The molecule has 4 nitrogen and oxygen atoms in total. The highest BCUT2D eigenvalue weighted by atomic mass is 16.5. The van der Waals surface area contributed by atoms with E-state index in [4.69, 9.17) is 4.74 Å². The number of esters is 1. The van der Waals surface area contributed by atoms with Crippen LogP contribution in [-0.4, -0.2) is 18.5 Å². The SMILES string of the molecule is CCCCCCCCCCCCCCCCCCCCCCOC(=O)CCCC(=O)[O-]. The van der Waals surface area contributed by atoms with E-state index in [1.54, 1.807) is 0 Å². The van der Waals surface area contributed by atoms with Gasteiger partial charge in [0.1, 0.15) is 0 Å². The van der Waals surface area contributed by atoms with E-state index >= 15 is 0 Å². The van der Waals surface area contributed by atoms with Gasteiger partial charge >= 0.3 is 5.97 Å². The van der Waals surface area contributed by atoms with Crippen LogP contribution < -0.4 is 5.11 Å². The van der Waals surface area contributed by atoms with Gasteiger partial charge in [0.2, 0.25) is 0 Å². The Hall–Kier alpha value is -1.06. The number of rotatable bonds is 25. The van der Waals surface area contributed by atoms with Crippen molar-refractivity contribution in [3.05, 3.63) is 0 Å². The standard InChI is InChI=1S/C27H52O4/c1-2-3-4-5-6-7-8-9-10-11-12-13-14-15-16-17-18-19-20-21-25-31-27(30)24-22-23-26(28)29/h2-25H2,1H3,(H,28,29)/p-1. The lowest BCUT2D eigenvalue weighted by molar-refractivity contribution is -0.305. The first-order valence-corrected chi connectivity index (χ1v) is 13.5. The fourth-order valence-electron chi connectivity index (χ4n) is 3.99. The molecule has 184 valence electrons. The molecule has 31 heavy (non-hydrogen) atoms. The summed E-state index contributed by atoms with van der Waals surface area (Å²) in [6.45, 7) is 2.74. The zero-order valence-electron chi connectivity index (χ0n) is 20.6. The highest BCUT2D eigenvalue weighted by Gasteiger charge is 2.02. The Kier molecular flexibility index (Phi) is 24.3. The molecular formula is C27H51O4-. The Balaban J connectivity index is 3.09. The van der Waals surface area contributed by atoms with Crippen LogP contribution in [0, 0.1) is 0 Å². The van der Waals surface area contributed by atoms with Crippen molar-refractivity contribution in [2.75, 3.05) is 6.61 Å². The molecule has 0 heterocycles. The van der Waals surface area contributed by atoms with Crippen LogP contribution in [0.5, 0.6) is 0 Å². The third kappa shape index (κ3) is 26.9. The minimum absolute atomic E-state index is 0.0750. The molecule has 0 aliphatic carbocycles. The summed E-state index contributed by atoms with van der Waals surface area (Å²) in [5, 5.41) is 10.3. The zero-order chi connectivity index (χ0) is 22.8. The van der Waals surface area contributed by atoms with Gasteiger partial charge in [-0.15, -0.1) is 0 Å². The van der Waals surface area contributed by atoms with Gasteiger partial charge in [0.15, 0.2) is 0 Å². The topological polar surface area (TPSA) is 66.4 Å². The van der Waals surface area contributed by atoms with Crippen molar-refractivity contribution in [2.45, 2.75) is 155 Å². The Bertz CT molecular complexity index is 395. The smallest absolute Gasteiger partial charge is 0.305 e. The van der Waals surface area contributed by atoms with Gasteiger partial charge < -0.3 is 14.6 Å². The minimum atomic E-state index is -1.11. The van der Waals surface area contributed by atoms with Crippen molar-refractivity contribution >= 4 is 11.9 Å². The van der Waals surface area contributed by atoms with Crippen molar-refractivity contribution < 1.29 is 19.4 Å². The molecule has 0 unspecified atom stereocenters. The first-order chi connectivity index (χ1) is 15.2.